The Kier molecular flexibility index (Phi) is 6.58. The Hall–Kier alpha value is -3.27. The zero-order valence-electron chi connectivity index (χ0n) is 22.2. The number of hydrogen-bond acceptors (Lipinski definition) is 8. The van der Waals surface area contributed by atoms with Gasteiger partial charge in [0.15, 0.2) is 0 Å². The van der Waals surface area contributed by atoms with E-state index in [9.17, 15) is 4.79 Å². The molecule has 3 aliphatic heterocycles. The lowest BCUT2D eigenvalue weighted by atomic mass is 9.86. The van der Waals surface area contributed by atoms with Crippen LogP contribution in [0.1, 0.15) is 31.2 Å². The van der Waals surface area contributed by atoms with E-state index in [4.69, 9.17) is 9.97 Å². The second-order valence-electron chi connectivity index (χ2n) is 11.4. The zero-order chi connectivity index (χ0) is 26.2. The smallest absolute Gasteiger partial charge is 0.264 e. The molecule has 8 nitrogen and oxygen atoms in total. The first kappa shape index (κ1) is 24.7. The Morgan fingerprint density at radius 2 is 1.87 bits per heavy atom. The number of H-pyrrole nitrogens is 1. The van der Waals surface area contributed by atoms with E-state index in [1.165, 1.54) is 12.0 Å². The van der Waals surface area contributed by atoms with Gasteiger partial charge >= 0.3 is 0 Å². The molecule has 9 heteroatoms. The van der Waals surface area contributed by atoms with Crippen molar-refractivity contribution in [2.45, 2.75) is 38.3 Å². The number of aromatic nitrogens is 3. The average Bonchev–Trinajstić information content (AvgIpc) is 3.68. The molecule has 4 aromatic rings. The lowest BCUT2D eigenvalue weighted by Crippen LogP contribution is -2.39. The highest BCUT2D eigenvalue weighted by Crippen LogP contribution is 2.41. The molecular weight excluding hydrogens is 506 g/mol. The van der Waals surface area contributed by atoms with Crippen LogP contribution in [-0.2, 0) is 6.54 Å². The molecule has 39 heavy (non-hydrogen) atoms. The number of benzene rings is 2. The van der Waals surface area contributed by atoms with Crippen molar-refractivity contribution in [3.8, 4) is 10.6 Å². The summed E-state index contributed by atoms with van der Waals surface area (Å²) < 4.78 is 1.07. The molecule has 0 aliphatic carbocycles. The number of piperidine rings is 1. The van der Waals surface area contributed by atoms with Crippen molar-refractivity contribution in [2.75, 3.05) is 49.5 Å². The number of fused-ring (bicyclic) bond motifs is 1. The van der Waals surface area contributed by atoms with Crippen molar-refractivity contribution < 1.29 is 0 Å². The first-order chi connectivity index (χ1) is 19.1. The number of likely N-dealkylation sites (tertiary alicyclic amines) is 1. The van der Waals surface area contributed by atoms with Gasteiger partial charge in [-0.3, -0.25) is 14.7 Å². The van der Waals surface area contributed by atoms with E-state index in [1.807, 2.05) is 18.2 Å². The minimum Gasteiger partial charge on any atom is -0.365 e. The largest absolute Gasteiger partial charge is 0.365 e. The van der Waals surface area contributed by atoms with Crippen LogP contribution >= 0.6 is 11.3 Å². The van der Waals surface area contributed by atoms with Crippen molar-refractivity contribution in [1.82, 2.24) is 25.2 Å². The minimum atomic E-state index is -0.122. The van der Waals surface area contributed by atoms with E-state index in [-0.39, 0.29) is 17.0 Å². The van der Waals surface area contributed by atoms with Gasteiger partial charge in [-0.25, -0.2) is 4.98 Å². The number of nitrogens with zero attached hydrogens (tertiary/aromatic N) is 4. The number of nitrogens with one attached hydrogen (secondary N) is 3. The van der Waals surface area contributed by atoms with Crippen molar-refractivity contribution in [2.24, 2.45) is 5.41 Å². The third kappa shape index (κ3) is 5.06. The number of aromatic amines is 1. The summed E-state index contributed by atoms with van der Waals surface area (Å²) in [7, 11) is 0. The molecular formula is C30H35N7OS. The molecule has 2 atom stereocenters. The molecule has 3 aliphatic rings. The summed E-state index contributed by atoms with van der Waals surface area (Å²) >= 11 is 1.55. The molecule has 0 radical (unpaired) electrons. The Bertz CT molecular complexity index is 1480. The predicted molar refractivity (Wildman–Crippen MR) is 159 cm³/mol. The number of anilines is 2. The molecule has 1 spiro atoms. The minimum absolute atomic E-state index is 0.122. The summed E-state index contributed by atoms with van der Waals surface area (Å²) in [4.78, 5) is 31.6. The number of hydrogen-bond donors (Lipinski definition) is 3. The van der Waals surface area contributed by atoms with Crippen LogP contribution in [0, 0.1) is 5.41 Å². The van der Waals surface area contributed by atoms with E-state index in [0.29, 0.717) is 22.3 Å². The fraction of sp³-hybridized carbons (Fsp3) is 0.433. The third-order valence-electron chi connectivity index (χ3n) is 8.56. The second kappa shape index (κ2) is 10.4. The van der Waals surface area contributed by atoms with Crippen LogP contribution in [0.15, 0.2) is 59.4 Å². The Balaban J connectivity index is 1.16. The summed E-state index contributed by atoms with van der Waals surface area (Å²) in [6, 6.07) is 19.0. The molecule has 2 unspecified atom stereocenters. The molecule has 202 valence electrons. The number of para-hydroxylation sites is 1. The number of thiazole rings is 1. The van der Waals surface area contributed by atoms with Crippen molar-refractivity contribution in [3.63, 3.8) is 0 Å². The van der Waals surface area contributed by atoms with Gasteiger partial charge in [-0.05, 0) is 56.5 Å². The van der Waals surface area contributed by atoms with Gasteiger partial charge < -0.3 is 15.5 Å². The van der Waals surface area contributed by atoms with Gasteiger partial charge in [0, 0.05) is 44.2 Å². The van der Waals surface area contributed by atoms with Gasteiger partial charge in [0.1, 0.15) is 16.4 Å². The predicted octanol–water partition coefficient (Wildman–Crippen LogP) is 4.31. The highest BCUT2D eigenvalue weighted by atomic mass is 32.1. The van der Waals surface area contributed by atoms with Gasteiger partial charge in [-0.15, -0.1) is 11.3 Å². The molecule has 0 bridgehead atoms. The van der Waals surface area contributed by atoms with Gasteiger partial charge in [0.05, 0.1) is 10.2 Å². The van der Waals surface area contributed by atoms with Gasteiger partial charge in [-0.1, -0.05) is 42.5 Å². The van der Waals surface area contributed by atoms with Crippen LogP contribution in [-0.4, -0.2) is 65.2 Å². The molecule has 3 fully saturated rings. The van der Waals surface area contributed by atoms with E-state index in [0.717, 1.165) is 75.3 Å². The SMILES string of the molecule is O=c1[nH]c(N2CCC3(CCN(Cc4ccccc4)C3)C2)nc(NC2CCCNC2)c1-c1nc2ccccc2s1. The van der Waals surface area contributed by atoms with Crippen LogP contribution in [0.3, 0.4) is 0 Å². The van der Waals surface area contributed by atoms with Crippen LogP contribution < -0.4 is 21.1 Å². The maximum atomic E-state index is 13.7. The molecule has 7 rings (SSSR count). The van der Waals surface area contributed by atoms with Crippen LogP contribution in [0.2, 0.25) is 0 Å². The quantitative estimate of drug-likeness (QED) is 0.335. The Labute approximate surface area is 232 Å². The monoisotopic (exact) mass is 541 g/mol. The third-order valence-corrected chi connectivity index (χ3v) is 9.61. The number of rotatable bonds is 6. The first-order valence-electron chi connectivity index (χ1n) is 14.1. The van der Waals surface area contributed by atoms with Gasteiger partial charge in [-0.2, -0.15) is 4.98 Å². The van der Waals surface area contributed by atoms with Crippen molar-refractivity contribution in [3.05, 3.63) is 70.5 Å². The van der Waals surface area contributed by atoms with Gasteiger partial charge in [0.2, 0.25) is 5.95 Å². The first-order valence-corrected chi connectivity index (χ1v) is 14.9. The topological polar surface area (TPSA) is 89.2 Å². The normalized spacial score (nSPS) is 23.7. The van der Waals surface area contributed by atoms with E-state index in [1.54, 1.807) is 11.3 Å². The molecule has 2 aromatic carbocycles. The fourth-order valence-corrected chi connectivity index (χ4v) is 7.52. The fourth-order valence-electron chi connectivity index (χ4n) is 6.51. The van der Waals surface area contributed by atoms with Crippen LogP contribution in [0.25, 0.3) is 20.8 Å². The van der Waals surface area contributed by atoms with Gasteiger partial charge in [0.25, 0.3) is 5.56 Å². The molecule has 2 aromatic heterocycles. The van der Waals surface area contributed by atoms with Crippen LogP contribution in [0.5, 0.6) is 0 Å². The van der Waals surface area contributed by atoms with Crippen LogP contribution in [0.4, 0.5) is 11.8 Å². The lowest BCUT2D eigenvalue weighted by molar-refractivity contribution is 0.270. The maximum absolute atomic E-state index is 13.7. The second-order valence-corrected chi connectivity index (χ2v) is 12.4. The highest BCUT2D eigenvalue weighted by molar-refractivity contribution is 7.21. The summed E-state index contributed by atoms with van der Waals surface area (Å²) in [5.74, 6) is 1.33. The maximum Gasteiger partial charge on any atom is 0.264 e. The van der Waals surface area contributed by atoms with Crippen molar-refractivity contribution in [1.29, 1.82) is 0 Å². The van der Waals surface area contributed by atoms with E-state index in [2.05, 4.69) is 61.8 Å². The molecule has 0 amide bonds. The van der Waals surface area contributed by atoms with E-state index >= 15 is 0 Å². The molecule has 3 saturated heterocycles. The molecule has 0 saturated carbocycles. The highest BCUT2D eigenvalue weighted by Gasteiger charge is 2.44. The molecule has 3 N–H and O–H groups in total. The summed E-state index contributed by atoms with van der Waals surface area (Å²) in [5.41, 5.74) is 2.96. The molecule has 5 heterocycles. The zero-order valence-corrected chi connectivity index (χ0v) is 23.0. The lowest BCUT2D eigenvalue weighted by Gasteiger charge is -2.27. The Morgan fingerprint density at radius 1 is 1.03 bits per heavy atom. The standard InChI is InChI=1S/C30H35N7OS/c38-27-25(28-33-23-10-4-5-11-24(23)39-28)26(32-22-9-6-14-31-17-22)34-29(35-27)37-16-13-30(20-37)12-15-36(19-30)18-21-7-2-1-3-8-21/h1-5,7-8,10-11,22,31H,6,9,12-20H2,(H2,32,34,35,38). The van der Waals surface area contributed by atoms with E-state index < -0.39 is 0 Å². The Morgan fingerprint density at radius 3 is 2.72 bits per heavy atom. The average molecular weight is 542 g/mol. The summed E-state index contributed by atoms with van der Waals surface area (Å²) in [5, 5.41) is 7.82. The summed E-state index contributed by atoms with van der Waals surface area (Å²) in [6.45, 7) is 6.94. The van der Waals surface area contributed by atoms with Crippen molar-refractivity contribution >= 4 is 33.3 Å². The summed E-state index contributed by atoms with van der Waals surface area (Å²) in [6.07, 6.45) is 4.47.